The summed E-state index contributed by atoms with van der Waals surface area (Å²) >= 11 is 0. The maximum atomic E-state index is 12.3. The van der Waals surface area contributed by atoms with Crippen molar-refractivity contribution < 1.29 is 17.9 Å². The van der Waals surface area contributed by atoms with Crippen LogP contribution in [0.15, 0.2) is 18.2 Å². The van der Waals surface area contributed by atoms with E-state index in [0.717, 1.165) is 18.6 Å². The molecule has 2 aliphatic rings. The third kappa shape index (κ3) is 3.35. The average molecular weight is 338 g/mol. The van der Waals surface area contributed by atoms with Gasteiger partial charge in [0.25, 0.3) is 5.91 Å². The second kappa shape index (κ2) is 6.13. The number of rotatable bonds is 4. The van der Waals surface area contributed by atoms with E-state index >= 15 is 0 Å². The molecular formula is C16H22N2O4S. The first kappa shape index (κ1) is 16.3. The molecule has 0 aromatic heterocycles. The fourth-order valence-corrected chi connectivity index (χ4v) is 4.60. The fourth-order valence-electron chi connectivity index (χ4n) is 3.33. The summed E-state index contributed by atoms with van der Waals surface area (Å²) in [6.45, 7) is 3.95. The van der Waals surface area contributed by atoms with Crippen molar-refractivity contribution in [3.8, 4) is 0 Å². The zero-order valence-corrected chi connectivity index (χ0v) is 14.2. The molecule has 1 N–H and O–H groups in total. The van der Waals surface area contributed by atoms with Crippen LogP contribution in [-0.4, -0.2) is 46.4 Å². The van der Waals surface area contributed by atoms with Gasteiger partial charge in [0.05, 0.1) is 18.6 Å². The predicted molar refractivity (Wildman–Crippen MR) is 88.2 cm³/mol. The van der Waals surface area contributed by atoms with Crippen LogP contribution in [-0.2, 0) is 21.2 Å². The van der Waals surface area contributed by atoms with Crippen LogP contribution >= 0.6 is 0 Å². The first-order valence-corrected chi connectivity index (χ1v) is 9.69. The first-order valence-electron chi connectivity index (χ1n) is 7.84. The highest BCUT2D eigenvalue weighted by atomic mass is 32.2. The van der Waals surface area contributed by atoms with Gasteiger partial charge in [0, 0.05) is 30.7 Å². The predicted octanol–water partition coefficient (Wildman–Crippen LogP) is 1.16. The maximum Gasteiger partial charge on any atom is 0.251 e. The average Bonchev–Trinajstić information content (AvgIpc) is 3.09. The first-order chi connectivity index (χ1) is 10.9. The minimum atomic E-state index is -3.30. The number of anilines is 1. The summed E-state index contributed by atoms with van der Waals surface area (Å²) in [5.41, 5.74) is 2.16. The Kier molecular flexibility index (Phi) is 4.33. The molecule has 2 aliphatic heterocycles. The number of benzene rings is 1. The van der Waals surface area contributed by atoms with Crippen LogP contribution in [0.5, 0.6) is 0 Å². The summed E-state index contributed by atoms with van der Waals surface area (Å²) in [5.74, 6) is 0.263. The van der Waals surface area contributed by atoms with E-state index in [4.69, 9.17) is 4.74 Å². The summed E-state index contributed by atoms with van der Waals surface area (Å²) < 4.78 is 30.5. The van der Waals surface area contributed by atoms with Gasteiger partial charge in [-0.2, -0.15) is 0 Å². The molecular weight excluding hydrogens is 316 g/mol. The fraction of sp³-hybridized carbons (Fsp3) is 0.562. The molecule has 6 nitrogen and oxygen atoms in total. The number of carbonyl (C=O) groups is 1. The lowest BCUT2D eigenvalue weighted by Gasteiger charge is -2.21. The van der Waals surface area contributed by atoms with E-state index in [9.17, 15) is 13.2 Å². The Morgan fingerprint density at radius 2 is 2.22 bits per heavy atom. The van der Waals surface area contributed by atoms with Gasteiger partial charge in [-0.05, 0) is 43.5 Å². The topological polar surface area (TPSA) is 75.7 Å². The smallest absolute Gasteiger partial charge is 0.251 e. The van der Waals surface area contributed by atoms with Gasteiger partial charge >= 0.3 is 0 Å². The van der Waals surface area contributed by atoms with Crippen molar-refractivity contribution in [3.05, 3.63) is 29.3 Å². The number of nitrogens with zero attached hydrogens (tertiary/aromatic N) is 1. The van der Waals surface area contributed by atoms with Gasteiger partial charge in [-0.25, -0.2) is 8.42 Å². The Balaban J connectivity index is 1.74. The molecule has 2 atom stereocenters. The summed E-state index contributed by atoms with van der Waals surface area (Å²) in [6.07, 6.45) is 2.81. The summed E-state index contributed by atoms with van der Waals surface area (Å²) in [7, 11) is -3.30. The van der Waals surface area contributed by atoms with Crippen molar-refractivity contribution in [3.63, 3.8) is 0 Å². The standard InChI is InChI=1S/C16H22N2O4S/c1-11-7-14-8-13(3-4-15(14)18(11)23(2,20)21)16(19)17-9-12-5-6-22-10-12/h3-4,8,11-12H,5-7,9-10H2,1-2H3,(H,17,19)/t11-,12-/m0/s1. The minimum absolute atomic E-state index is 0.117. The minimum Gasteiger partial charge on any atom is -0.381 e. The third-order valence-corrected chi connectivity index (χ3v) is 5.70. The van der Waals surface area contributed by atoms with Crippen LogP contribution < -0.4 is 9.62 Å². The molecule has 0 radical (unpaired) electrons. The van der Waals surface area contributed by atoms with Crippen molar-refractivity contribution in [2.75, 3.05) is 30.3 Å². The Labute approximate surface area is 136 Å². The molecule has 0 saturated carbocycles. The van der Waals surface area contributed by atoms with Crippen molar-refractivity contribution in [2.24, 2.45) is 5.92 Å². The largest absolute Gasteiger partial charge is 0.381 e. The van der Waals surface area contributed by atoms with Crippen LogP contribution in [0.25, 0.3) is 0 Å². The zero-order valence-electron chi connectivity index (χ0n) is 13.4. The number of ether oxygens (including phenoxy) is 1. The number of fused-ring (bicyclic) bond motifs is 1. The summed E-state index contributed by atoms with van der Waals surface area (Å²) in [4.78, 5) is 12.3. The molecule has 1 fully saturated rings. The van der Waals surface area contributed by atoms with Crippen molar-refractivity contribution in [1.29, 1.82) is 0 Å². The van der Waals surface area contributed by atoms with Gasteiger partial charge in [-0.15, -0.1) is 0 Å². The zero-order chi connectivity index (χ0) is 16.6. The second-order valence-electron chi connectivity index (χ2n) is 6.40. The molecule has 3 rings (SSSR count). The summed E-state index contributed by atoms with van der Waals surface area (Å²) in [5, 5.41) is 2.93. The van der Waals surface area contributed by atoms with E-state index in [2.05, 4.69) is 5.32 Å². The van der Waals surface area contributed by atoms with E-state index < -0.39 is 10.0 Å². The SMILES string of the molecule is C[C@H]1Cc2cc(C(=O)NC[C@@H]3CCOC3)ccc2N1S(C)(=O)=O. The van der Waals surface area contributed by atoms with Crippen LogP contribution in [0.2, 0.25) is 0 Å². The van der Waals surface area contributed by atoms with Gasteiger partial charge < -0.3 is 10.1 Å². The van der Waals surface area contributed by atoms with E-state index in [0.29, 0.717) is 36.7 Å². The molecule has 7 heteroatoms. The molecule has 1 saturated heterocycles. The van der Waals surface area contributed by atoms with Gasteiger partial charge in [-0.3, -0.25) is 9.10 Å². The molecule has 1 amide bonds. The Hall–Kier alpha value is -1.60. The van der Waals surface area contributed by atoms with Gasteiger partial charge in [-0.1, -0.05) is 0 Å². The van der Waals surface area contributed by atoms with E-state index in [1.54, 1.807) is 18.2 Å². The van der Waals surface area contributed by atoms with E-state index in [1.165, 1.54) is 10.6 Å². The number of nitrogens with one attached hydrogen (secondary N) is 1. The molecule has 2 heterocycles. The van der Waals surface area contributed by atoms with Crippen molar-refractivity contribution in [2.45, 2.75) is 25.8 Å². The molecule has 0 aliphatic carbocycles. The molecule has 0 unspecified atom stereocenters. The Bertz CT molecular complexity index is 711. The van der Waals surface area contributed by atoms with E-state index in [-0.39, 0.29) is 11.9 Å². The van der Waals surface area contributed by atoms with E-state index in [1.807, 2.05) is 6.92 Å². The van der Waals surface area contributed by atoms with Crippen LogP contribution in [0.3, 0.4) is 0 Å². The van der Waals surface area contributed by atoms with Crippen molar-refractivity contribution in [1.82, 2.24) is 5.32 Å². The molecule has 0 spiro atoms. The highest BCUT2D eigenvalue weighted by Crippen LogP contribution is 2.34. The molecule has 23 heavy (non-hydrogen) atoms. The van der Waals surface area contributed by atoms with Crippen LogP contribution in [0.1, 0.15) is 29.3 Å². The lowest BCUT2D eigenvalue weighted by Crippen LogP contribution is -2.34. The lowest BCUT2D eigenvalue weighted by atomic mass is 10.1. The quantitative estimate of drug-likeness (QED) is 0.894. The maximum absolute atomic E-state index is 12.3. The Morgan fingerprint density at radius 3 is 2.87 bits per heavy atom. The normalized spacial score (nSPS) is 23.8. The number of hydrogen-bond acceptors (Lipinski definition) is 4. The van der Waals surface area contributed by atoms with Gasteiger partial charge in [0.1, 0.15) is 0 Å². The number of carbonyl (C=O) groups excluding carboxylic acids is 1. The van der Waals surface area contributed by atoms with Gasteiger partial charge in [0.2, 0.25) is 10.0 Å². The lowest BCUT2D eigenvalue weighted by molar-refractivity contribution is 0.0945. The van der Waals surface area contributed by atoms with Gasteiger partial charge in [0.15, 0.2) is 0 Å². The molecule has 0 bridgehead atoms. The number of sulfonamides is 1. The summed E-state index contributed by atoms with van der Waals surface area (Å²) in [6, 6.07) is 5.11. The van der Waals surface area contributed by atoms with Crippen molar-refractivity contribution >= 4 is 21.6 Å². The number of amides is 1. The molecule has 1 aromatic carbocycles. The second-order valence-corrected chi connectivity index (χ2v) is 8.25. The highest BCUT2D eigenvalue weighted by Gasteiger charge is 2.32. The highest BCUT2D eigenvalue weighted by molar-refractivity contribution is 7.92. The molecule has 126 valence electrons. The Morgan fingerprint density at radius 1 is 1.43 bits per heavy atom. The van der Waals surface area contributed by atoms with Crippen LogP contribution in [0, 0.1) is 5.92 Å². The molecule has 1 aromatic rings. The third-order valence-electron chi connectivity index (χ3n) is 4.43. The monoisotopic (exact) mass is 338 g/mol. The van der Waals surface area contributed by atoms with Crippen LogP contribution in [0.4, 0.5) is 5.69 Å². The number of hydrogen-bond donors (Lipinski definition) is 1.